The van der Waals surface area contributed by atoms with Gasteiger partial charge in [-0.15, -0.1) is 0 Å². The van der Waals surface area contributed by atoms with E-state index in [4.69, 9.17) is 4.55 Å². The highest BCUT2D eigenvalue weighted by Gasteiger charge is 2.13. The van der Waals surface area contributed by atoms with Crippen molar-refractivity contribution in [3.05, 3.63) is 6.07 Å². The van der Waals surface area contributed by atoms with Crippen molar-refractivity contribution in [3.8, 4) is 11.8 Å². The van der Waals surface area contributed by atoms with Crippen LogP contribution >= 0.6 is 0 Å². The van der Waals surface area contributed by atoms with Crippen LogP contribution in [0.25, 0.3) is 0 Å². The van der Waals surface area contributed by atoms with Crippen LogP contribution in [0.3, 0.4) is 0 Å². The summed E-state index contributed by atoms with van der Waals surface area (Å²) in [5.74, 6) is -1.13. The number of nitrogens with one attached hydrogen (secondary N) is 2. The normalized spacial score (nSPS) is 11.8. The monoisotopic (exact) mass is 298 g/mol. The Kier molecular flexibility index (Phi) is 5.32. The molecule has 12 heteroatoms. The number of carbonyl (C=O) groups is 1. The standard InChI is InChI=1S/C7H8F2N4O5S/c1-17-3-2-4(18-5(8)9)11-6(10-3)12-7(14)13-19(15)16/h2,5H,1H3,(H,15,16)(H2,10,11,12,13,14). The smallest absolute Gasteiger partial charge is 0.388 e. The van der Waals surface area contributed by atoms with E-state index in [-0.39, 0.29) is 5.88 Å². The fourth-order valence-electron chi connectivity index (χ4n) is 0.922. The maximum atomic E-state index is 12.0. The van der Waals surface area contributed by atoms with E-state index in [1.54, 1.807) is 4.72 Å². The van der Waals surface area contributed by atoms with Gasteiger partial charge in [0.05, 0.1) is 13.2 Å². The van der Waals surface area contributed by atoms with Gasteiger partial charge in [0.1, 0.15) is 0 Å². The number of anilines is 1. The van der Waals surface area contributed by atoms with Crippen LogP contribution in [0.15, 0.2) is 6.07 Å². The predicted molar refractivity (Wildman–Crippen MR) is 58.1 cm³/mol. The molecule has 0 radical (unpaired) electrons. The molecule has 3 N–H and O–H groups in total. The summed E-state index contributed by atoms with van der Waals surface area (Å²) in [5.41, 5.74) is 0. The molecule has 19 heavy (non-hydrogen) atoms. The van der Waals surface area contributed by atoms with Crippen LogP contribution in [0.2, 0.25) is 0 Å². The number of urea groups is 1. The minimum absolute atomic E-state index is 0.147. The van der Waals surface area contributed by atoms with Gasteiger partial charge in [0.15, 0.2) is 0 Å². The number of alkyl halides is 2. The molecule has 1 aromatic heterocycles. The first kappa shape index (κ1) is 15.0. The number of hydrogen-bond donors (Lipinski definition) is 3. The van der Waals surface area contributed by atoms with Crippen LogP contribution in [-0.4, -0.2) is 38.5 Å². The van der Waals surface area contributed by atoms with Gasteiger partial charge in [-0.25, -0.2) is 13.7 Å². The topological polar surface area (TPSA) is 123 Å². The largest absolute Gasteiger partial charge is 0.481 e. The van der Waals surface area contributed by atoms with Gasteiger partial charge in [-0.3, -0.25) is 9.87 Å². The summed E-state index contributed by atoms with van der Waals surface area (Å²) in [6.07, 6.45) is 0. The first-order chi connectivity index (χ1) is 8.90. The molecule has 0 spiro atoms. The zero-order valence-electron chi connectivity index (χ0n) is 9.29. The Labute approximate surface area is 107 Å². The minimum Gasteiger partial charge on any atom is -0.481 e. The zero-order valence-corrected chi connectivity index (χ0v) is 10.1. The first-order valence-electron chi connectivity index (χ1n) is 4.47. The number of halogens is 2. The van der Waals surface area contributed by atoms with E-state index in [1.807, 2.05) is 5.32 Å². The van der Waals surface area contributed by atoms with E-state index in [0.717, 1.165) is 6.07 Å². The van der Waals surface area contributed by atoms with Gasteiger partial charge in [0.25, 0.3) is 11.3 Å². The molecule has 0 aliphatic heterocycles. The number of hydrogen-bond acceptors (Lipinski definition) is 6. The summed E-state index contributed by atoms with van der Waals surface area (Å²) in [6, 6.07) is -0.142. The van der Waals surface area contributed by atoms with Crippen molar-refractivity contribution in [1.29, 1.82) is 0 Å². The Bertz CT molecular complexity index is 489. The number of aromatic nitrogens is 2. The van der Waals surface area contributed by atoms with Crippen LogP contribution in [0.1, 0.15) is 0 Å². The van der Waals surface area contributed by atoms with Crippen molar-refractivity contribution in [2.45, 2.75) is 6.61 Å². The van der Waals surface area contributed by atoms with Gasteiger partial charge >= 0.3 is 12.6 Å². The third-order valence-corrected chi connectivity index (χ3v) is 1.86. The van der Waals surface area contributed by atoms with E-state index in [0.29, 0.717) is 0 Å². The van der Waals surface area contributed by atoms with Crippen molar-refractivity contribution in [2.24, 2.45) is 0 Å². The number of methoxy groups -OCH3 is 1. The molecule has 0 aliphatic rings. The summed E-state index contributed by atoms with van der Waals surface area (Å²) in [4.78, 5) is 18.1. The van der Waals surface area contributed by atoms with Crippen LogP contribution in [-0.2, 0) is 11.3 Å². The van der Waals surface area contributed by atoms with Gasteiger partial charge < -0.3 is 9.47 Å². The third-order valence-electron chi connectivity index (χ3n) is 1.50. The Morgan fingerprint density at radius 2 is 2.11 bits per heavy atom. The molecule has 0 bridgehead atoms. The lowest BCUT2D eigenvalue weighted by Crippen LogP contribution is -2.30. The second-order valence-corrected chi connectivity index (χ2v) is 3.46. The van der Waals surface area contributed by atoms with E-state index in [1.165, 1.54) is 7.11 Å². The first-order valence-corrected chi connectivity index (χ1v) is 5.57. The number of rotatable bonds is 5. The third kappa shape index (κ3) is 5.39. The second-order valence-electron chi connectivity index (χ2n) is 2.76. The molecule has 106 valence electrons. The van der Waals surface area contributed by atoms with E-state index in [9.17, 15) is 17.8 Å². The molecule has 9 nitrogen and oxygen atoms in total. The zero-order chi connectivity index (χ0) is 14.4. The molecular weight excluding hydrogens is 290 g/mol. The average molecular weight is 298 g/mol. The molecule has 1 aromatic rings. The number of nitrogens with zero attached hydrogens (tertiary/aromatic N) is 2. The summed E-state index contributed by atoms with van der Waals surface area (Å²) in [6.45, 7) is -3.12. The molecule has 1 atom stereocenters. The van der Waals surface area contributed by atoms with Crippen molar-refractivity contribution in [3.63, 3.8) is 0 Å². The summed E-state index contributed by atoms with van der Waals surface area (Å²) in [7, 11) is 1.21. The maximum absolute atomic E-state index is 12.0. The summed E-state index contributed by atoms with van der Waals surface area (Å²) >= 11 is -2.59. The molecule has 0 saturated carbocycles. The molecular formula is C7H8F2N4O5S. The molecule has 1 rings (SSSR count). The van der Waals surface area contributed by atoms with Gasteiger partial charge in [-0.1, -0.05) is 0 Å². The van der Waals surface area contributed by atoms with Gasteiger partial charge in [-0.2, -0.15) is 18.7 Å². The molecule has 1 heterocycles. The number of amides is 2. The summed E-state index contributed by atoms with van der Waals surface area (Å²) < 4.78 is 53.0. The molecule has 0 fully saturated rings. The van der Waals surface area contributed by atoms with E-state index >= 15 is 0 Å². The van der Waals surface area contributed by atoms with E-state index < -0.39 is 35.7 Å². The highest BCUT2D eigenvalue weighted by atomic mass is 32.2. The molecule has 0 saturated heterocycles. The lowest BCUT2D eigenvalue weighted by molar-refractivity contribution is -0.0529. The number of ether oxygens (including phenoxy) is 2. The average Bonchev–Trinajstić information content (AvgIpc) is 2.26. The molecule has 0 aromatic carbocycles. The van der Waals surface area contributed by atoms with Crippen molar-refractivity contribution in [1.82, 2.24) is 14.7 Å². The molecule has 2 amide bonds. The van der Waals surface area contributed by atoms with E-state index in [2.05, 4.69) is 19.4 Å². The van der Waals surface area contributed by atoms with Crippen LogP contribution in [0.5, 0.6) is 11.8 Å². The van der Waals surface area contributed by atoms with Crippen molar-refractivity contribution in [2.75, 3.05) is 12.4 Å². The Hall–Kier alpha value is -2.08. The highest BCUT2D eigenvalue weighted by Crippen LogP contribution is 2.19. The highest BCUT2D eigenvalue weighted by molar-refractivity contribution is 7.77. The van der Waals surface area contributed by atoms with Crippen molar-refractivity contribution < 1.29 is 31.8 Å². The fourth-order valence-corrected chi connectivity index (χ4v) is 1.13. The number of carbonyl (C=O) groups excluding carboxylic acids is 1. The van der Waals surface area contributed by atoms with Crippen LogP contribution in [0, 0.1) is 0 Å². The van der Waals surface area contributed by atoms with Crippen LogP contribution in [0.4, 0.5) is 19.5 Å². The summed E-state index contributed by atoms with van der Waals surface area (Å²) in [5, 5.41) is 1.93. The SMILES string of the molecule is COc1cc(OC(F)F)nc(NC(=O)NS(=O)O)n1. The molecule has 0 aliphatic carbocycles. The van der Waals surface area contributed by atoms with Gasteiger partial charge in [-0.05, 0) is 0 Å². The van der Waals surface area contributed by atoms with Gasteiger partial charge in [0, 0.05) is 0 Å². The Balaban J connectivity index is 2.87. The minimum atomic E-state index is -3.12. The lowest BCUT2D eigenvalue weighted by Gasteiger charge is -2.08. The van der Waals surface area contributed by atoms with Crippen molar-refractivity contribution >= 4 is 23.2 Å². The quantitative estimate of drug-likeness (QED) is 0.670. The fraction of sp³-hybridized carbons (Fsp3) is 0.286. The second kappa shape index (κ2) is 6.75. The van der Waals surface area contributed by atoms with Crippen LogP contribution < -0.4 is 19.5 Å². The molecule has 1 unspecified atom stereocenters. The predicted octanol–water partition coefficient (Wildman–Crippen LogP) is 0.345. The van der Waals surface area contributed by atoms with Gasteiger partial charge in [0.2, 0.25) is 17.7 Å². The maximum Gasteiger partial charge on any atom is 0.388 e. The Morgan fingerprint density at radius 1 is 1.47 bits per heavy atom. The Morgan fingerprint density at radius 3 is 2.63 bits per heavy atom. The lowest BCUT2D eigenvalue weighted by atomic mass is 10.6.